The fourth-order valence-electron chi connectivity index (χ4n) is 3.94. The Morgan fingerprint density at radius 1 is 1.21 bits per heavy atom. The number of nitrogens with one attached hydrogen (secondary N) is 1. The number of nitrogens with zero attached hydrogens (tertiary/aromatic N) is 1. The molecule has 4 rings (SSSR count). The van der Waals surface area contributed by atoms with Crippen LogP contribution in [0.5, 0.6) is 0 Å². The van der Waals surface area contributed by atoms with E-state index < -0.39 is 11.7 Å². The third kappa shape index (κ3) is 2.60. The monoisotopic (exact) mass is 377 g/mol. The van der Waals surface area contributed by atoms with Gasteiger partial charge in [0.1, 0.15) is 5.82 Å². The highest BCUT2D eigenvalue weighted by Crippen LogP contribution is 2.38. The van der Waals surface area contributed by atoms with Crippen molar-refractivity contribution in [3.05, 3.63) is 70.7 Å². The molecule has 0 spiro atoms. The molecule has 0 aliphatic carbocycles. The van der Waals surface area contributed by atoms with Crippen molar-refractivity contribution in [1.82, 2.24) is 9.88 Å². The molecule has 0 unspecified atom stereocenters. The van der Waals surface area contributed by atoms with Crippen molar-refractivity contribution in [3.63, 3.8) is 0 Å². The number of hydrogen-bond acceptors (Lipinski definition) is 2. The summed E-state index contributed by atoms with van der Waals surface area (Å²) in [5.74, 6) is -1.31. The third-order valence-electron chi connectivity index (χ3n) is 5.50. The number of hydrogen-bond donors (Lipinski definition) is 2. The summed E-state index contributed by atoms with van der Waals surface area (Å²) in [6.07, 6.45) is 1.30. The molecular formula is C22H20FN3O2. The lowest BCUT2D eigenvalue weighted by molar-refractivity contribution is -0.126. The summed E-state index contributed by atoms with van der Waals surface area (Å²) in [7, 11) is 0. The Kier molecular flexibility index (Phi) is 4.07. The molecule has 5 nitrogen and oxygen atoms in total. The summed E-state index contributed by atoms with van der Waals surface area (Å²) in [5, 5.41) is 0.656. The smallest absolute Gasteiger partial charge is 0.250 e. The van der Waals surface area contributed by atoms with Crippen molar-refractivity contribution in [3.8, 4) is 11.1 Å². The van der Waals surface area contributed by atoms with Gasteiger partial charge >= 0.3 is 0 Å². The molecule has 0 fully saturated rings. The van der Waals surface area contributed by atoms with Crippen LogP contribution in [0.2, 0.25) is 0 Å². The van der Waals surface area contributed by atoms with Gasteiger partial charge in [-0.2, -0.15) is 0 Å². The van der Waals surface area contributed by atoms with Crippen LogP contribution in [0.15, 0.2) is 36.9 Å². The number of halogens is 1. The van der Waals surface area contributed by atoms with E-state index in [9.17, 15) is 9.59 Å². The van der Waals surface area contributed by atoms with Gasteiger partial charge in [-0.15, -0.1) is 0 Å². The van der Waals surface area contributed by atoms with Gasteiger partial charge in [-0.05, 0) is 54.3 Å². The molecule has 0 radical (unpaired) electrons. The Hall–Kier alpha value is -3.41. The second-order valence-electron chi connectivity index (χ2n) is 7.15. The van der Waals surface area contributed by atoms with Crippen LogP contribution < -0.4 is 5.73 Å². The van der Waals surface area contributed by atoms with E-state index in [0.717, 1.165) is 22.4 Å². The zero-order valence-corrected chi connectivity index (χ0v) is 15.7. The molecule has 3 aromatic rings. The molecule has 28 heavy (non-hydrogen) atoms. The maximum atomic E-state index is 15.1. The SMILES string of the molecule is C=CC(=O)N1Cc2ccc(-c3c(F)cc(C(N)=O)c4[nH]c(C)c(C)c34)cc2C1. The average molecular weight is 377 g/mol. The molecule has 2 aromatic carbocycles. The van der Waals surface area contributed by atoms with Gasteiger partial charge in [-0.3, -0.25) is 9.59 Å². The Morgan fingerprint density at radius 2 is 1.93 bits per heavy atom. The summed E-state index contributed by atoms with van der Waals surface area (Å²) in [4.78, 5) is 28.6. The van der Waals surface area contributed by atoms with Crippen LogP contribution >= 0.6 is 0 Å². The summed E-state index contributed by atoms with van der Waals surface area (Å²) in [6, 6.07) is 6.87. The number of benzene rings is 2. The Balaban J connectivity index is 1.91. The quantitative estimate of drug-likeness (QED) is 0.683. The van der Waals surface area contributed by atoms with E-state index in [1.54, 1.807) is 4.90 Å². The van der Waals surface area contributed by atoms with Crippen LogP contribution in [0.4, 0.5) is 4.39 Å². The number of carbonyl (C=O) groups is 2. The largest absolute Gasteiger partial charge is 0.366 e. The lowest BCUT2D eigenvalue weighted by atomic mass is 9.94. The number of fused-ring (bicyclic) bond motifs is 2. The first-order valence-electron chi connectivity index (χ1n) is 8.96. The summed E-state index contributed by atoms with van der Waals surface area (Å²) >= 11 is 0. The summed E-state index contributed by atoms with van der Waals surface area (Å²) in [6.45, 7) is 8.27. The van der Waals surface area contributed by atoms with Gasteiger partial charge in [0.05, 0.1) is 11.1 Å². The minimum absolute atomic E-state index is 0.130. The number of aromatic nitrogens is 1. The van der Waals surface area contributed by atoms with E-state index in [2.05, 4.69) is 11.6 Å². The van der Waals surface area contributed by atoms with Crippen molar-refractivity contribution in [2.45, 2.75) is 26.9 Å². The highest BCUT2D eigenvalue weighted by atomic mass is 19.1. The van der Waals surface area contributed by atoms with Crippen molar-refractivity contribution in [1.29, 1.82) is 0 Å². The van der Waals surface area contributed by atoms with E-state index in [1.165, 1.54) is 12.1 Å². The van der Waals surface area contributed by atoms with Crippen LogP contribution in [-0.4, -0.2) is 21.7 Å². The average Bonchev–Trinajstić information content (AvgIpc) is 3.22. The third-order valence-corrected chi connectivity index (χ3v) is 5.50. The topological polar surface area (TPSA) is 79.2 Å². The van der Waals surface area contributed by atoms with Crippen molar-refractivity contribution >= 4 is 22.7 Å². The summed E-state index contributed by atoms with van der Waals surface area (Å²) in [5.41, 5.74) is 11.0. The number of aromatic amines is 1. The van der Waals surface area contributed by atoms with E-state index in [0.29, 0.717) is 35.1 Å². The molecule has 0 bridgehead atoms. The molecule has 6 heteroatoms. The van der Waals surface area contributed by atoms with Gasteiger partial charge in [-0.25, -0.2) is 4.39 Å². The van der Waals surface area contributed by atoms with Gasteiger partial charge in [0.15, 0.2) is 0 Å². The molecule has 1 aliphatic heterocycles. The first-order valence-corrected chi connectivity index (χ1v) is 8.96. The Labute approximate surface area is 161 Å². The highest BCUT2D eigenvalue weighted by Gasteiger charge is 2.25. The first kappa shape index (κ1) is 18.0. The number of H-pyrrole nitrogens is 1. The molecule has 3 N–H and O–H groups in total. The van der Waals surface area contributed by atoms with Crippen molar-refractivity contribution < 1.29 is 14.0 Å². The second-order valence-corrected chi connectivity index (χ2v) is 7.15. The standard InChI is InChI=1S/C22H20FN3O2/c1-4-18(27)26-9-14-6-5-13(7-15(14)10-26)20-17(23)8-16(22(24)28)21-19(20)11(2)12(3)25-21/h4-8,25H,1,9-10H2,2-3H3,(H2,24,28). The second kappa shape index (κ2) is 6.34. The highest BCUT2D eigenvalue weighted by molar-refractivity contribution is 6.10. The van der Waals surface area contributed by atoms with Crippen molar-refractivity contribution in [2.24, 2.45) is 5.73 Å². The maximum absolute atomic E-state index is 15.1. The van der Waals surface area contributed by atoms with Crippen LogP contribution in [0.25, 0.3) is 22.0 Å². The number of primary amides is 1. The number of nitrogens with two attached hydrogens (primary N) is 1. The van der Waals surface area contributed by atoms with Crippen molar-refractivity contribution in [2.75, 3.05) is 0 Å². The maximum Gasteiger partial charge on any atom is 0.250 e. The van der Waals surface area contributed by atoms with Crippen LogP contribution in [0.1, 0.15) is 32.7 Å². The number of amides is 2. The molecule has 2 heterocycles. The normalized spacial score (nSPS) is 13.0. The van der Waals surface area contributed by atoms with E-state index in [4.69, 9.17) is 5.73 Å². The molecule has 1 aliphatic rings. The minimum atomic E-state index is -0.677. The van der Waals surface area contributed by atoms with Gasteiger partial charge in [-0.1, -0.05) is 18.7 Å². The Bertz CT molecular complexity index is 1180. The van der Waals surface area contributed by atoms with E-state index in [-0.39, 0.29) is 11.5 Å². The molecule has 0 saturated heterocycles. The minimum Gasteiger partial charge on any atom is -0.366 e. The predicted octanol–water partition coefficient (Wildman–Crippen LogP) is 3.72. The predicted molar refractivity (Wildman–Crippen MR) is 106 cm³/mol. The Morgan fingerprint density at radius 3 is 2.61 bits per heavy atom. The van der Waals surface area contributed by atoms with E-state index in [1.807, 2.05) is 32.0 Å². The molecule has 2 amide bonds. The van der Waals surface area contributed by atoms with E-state index >= 15 is 4.39 Å². The molecule has 0 atom stereocenters. The number of aryl methyl sites for hydroxylation is 2. The molecule has 142 valence electrons. The van der Waals surface area contributed by atoms with Gasteiger partial charge in [0.2, 0.25) is 5.91 Å². The zero-order valence-electron chi connectivity index (χ0n) is 15.7. The van der Waals surface area contributed by atoms with Crippen LogP contribution in [0.3, 0.4) is 0 Å². The number of rotatable bonds is 3. The summed E-state index contributed by atoms with van der Waals surface area (Å²) < 4.78 is 15.1. The fourth-order valence-corrected chi connectivity index (χ4v) is 3.94. The zero-order chi connectivity index (χ0) is 20.2. The fraction of sp³-hybridized carbons (Fsp3) is 0.182. The van der Waals surface area contributed by atoms with Gasteiger partial charge < -0.3 is 15.6 Å². The van der Waals surface area contributed by atoms with Crippen LogP contribution in [-0.2, 0) is 17.9 Å². The number of carbonyl (C=O) groups excluding carboxylic acids is 2. The van der Waals surface area contributed by atoms with Crippen LogP contribution in [0, 0.1) is 19.7 Å². The molecule has 1 aromatic heterocycles. The lowest BCUT2D eigenvalue weighted by Crippen LogP contribution is -2.22. The molecule has 0 saturated carbocycles. The molecular weight excluding hydrogens is 357 g/mol. The lowest BCUT2D eigenvalue weighted by Gasteiger charge is -2.12. The van der Waals surface area contributed by atoms with Gasteiger partial charge in [0.25, 0.3) is 5.91 Å². The first-order chi connectivity index (χ1) is 13.3. The van der Waals surface area contributed by atoms with Gasteiger partial charge in [0, 0.05) is 29.7 Å².